The zero-order valence-electron chi connectivity index (χ0n) is 13.3. The van der Waals surface area contributed by atoms with E-state index < -0.39 is 0 Å². The molecule has 0 saturated carbocycles. The Hall–Kier alpha value is -0.470. The van der Waals surface area contributed by atoms with Crippen LogP contribution >= 0.6 is 11.8 Å². The van der Waals surface area contributed by atoms with E-state index >= 15 is 0 Å². The van der Waals surface area contributed by atoms with Gasteiger partial charge in [-0.25, -0.2) is 0 Å². The first-order valence-electron chi connectivity index (χ1n) is 8.77. The Bertz CT molecular complexity index is 439. The summed E-state index contributed by atoms with van der Waals surface area (Å²) < 4.78 is 0. The molecule has 1 aromatic carbocycles. The van der Waals surface area contributed by atoms with Crippen LogP contribution in [0.5, 0.6) is 0 Å². The Labute approximate surface area is 134 Å². The molecule has 116 valence electrons. The van der Waals surface area contributed by atoms with Gasteiger partial charge in [0.2, 0.25) is 0 Å². The van der Waals surface area contributed by atoms with Crippen molar-refractivity contribution in [3.8, 4) is 0 Å². The lowest BCUT2D eigenvalue weighted by Crippen LogP contribution is -2.38. The van der Waals surface area contributed by atoms with Crippen LogP contribution in [0.1, 0.15) is 56.1 Å². The van der Waals surface area contributed by atoms with Gasteiger partial charge in [0.05, 0.1) is 0 Å². The van der Waals surface area contributed by atoms with E-state index in [0.717, 1.165) is 17.9 Å². The molecule has 0 bridgehead atoms. The average Bonchev–Trinajstić information content (AvgIpc) is 3.06. The summed E-state index contributed by atoms with van der Waals surface area (Å²) in [5, 5.41) is 3.88. The zero-order chi connectivity index (χ0) is 14.5. The number of benzene rings is 1. The minimum atomic E-state index is 0.733. The van der Waals surface area contributed by atoms with Gasteiger partial charge in [0, 0.05) is 6.04 Å². The van der Waals surface area contributed by atoms with Crippen molar-refractivity contribution in [1.82, 2.24) is 5.32 Å². The number of rotatable bonds is 6. The Kier molecular flexibility index (Phi) is 5.65. The number of nitrogens with one attached hydrogen (secondary N) is 1. The Morgan fingerprint density at radius 3 is 3.00 bits per heavy atom. The van der Waals surface area contributed by atoms with Crippen molar-refractivity contribution in [3.05, 3.63) is 35.4 Å². The van der Waals surface area contributed by atoms with Crippen molar-refractivity contribution in [3.63, 3.8) is 0 Å². The summed E-state index contributed by atoms with van der Waals surface area (Å²) >= 11 is 2.15. The first kappa shape index (κ1) is 15.4. The van der Waals surface area contributed by atoms with Crippen molar-refractivity contribution in [2.24, 2.45) is 5.92 Å². The van der Waals surface area contributed by atoms with E-state index in [0.29, 0.717) is 0 Å². The maximum absolute atomic E-state index is 3.88. The SMILES string of the molecule is CCCNC(CC1CCCc2ccccc21)C1CCSC1. The Morgan fingerprint density at radius 1 is 1.29 bits per heavy atom. The molecule has 1 saturated heterocycles. The van der Waals surface area contributed by atoms with Gasteiger partial charge in [0.25, 0.3) is 0 Å². The van der Waals surface area contributed by atoms with E-state index in [1.165, 1.54) is 56.6 Å². The fourth-order valence-electron chi connectivity index (χ4n) is 4.05. The standard InChI is InChI=1S/C19H29NS/c1-2-11-20-19(17-10-12-21-14-17)13-16-8-5-7-15-6-3-4-9-18(15)16/h3-4,6,9,16-17,19-20H,2,5,7-8,10-14H2,1H3. The number of thioether (sulfide) groups is 1. The lowest BCUT2D eigenvalue weighted by atomic mass is 9.77. The van der Waals surface area contributed by atoms with Gasteiger partial charge in [-0.3, -0.25) is 0 Å². The molecule has 0 aromatic heterocycles. The van der Waals surface area contributed by atoms with Crippen molar-refractivity contribution in [1.29, 1.82) is 0 Å². The highest BCUT2D eigenvalue weighted by molar-refractivity contribution is 7.99. The molecule has 1 aliphatic heterocycles. The molecule has 1 heterocycles. The topological polar surface area (TPSA) is 12.0 Å². The highest BCUT2D eigenvalue weighted by atomic mass is 32.2. The fraction of sp³-hybridized carbons (Fsp3) is 0.684. The van der Waals surface area contributed by atoms with E-state index in [2.05, 4.69) is 48.3 Å². The number of hydrogen-bond acceptors (Lipinski definition) is 2. The third kappa shape index (κ3) is 3.84. The van der Waals surface area contributed by atoms with Gasteiger partial charge in [0.15, 0.2) is 0 Å². The van der Waals surface area contributed by atoms with Crippen LogP contribution in [0.2, 0.25) is 0 Å². The monoisotopic (exact) mass is 303 g/mol. The van der Waals surface area contributed by atoms with Crippen LogP contribution in [0.4, 0.5) is 0 Å². The largest absolute Gasteiger partial charge is 0.314 e. The maximum atomic E-state index is 3.88. The van der Waals surface area contributed by atoms with Gasteiger partial charge in [-0.2, -0.15) is 11.8 Å². The zero-order valence-corrected chi connectivity index (χ0v) is 14.1. The Morgan fingerprint density at radius 2 is 2.19 bits per heavy atom. The van der Waals surface area contributed by atoms with E-state index in [1.54, 1.807) is 11.1 Å². The summed E-state index contributed by atoms with van der Waals surface area (Å²) in [5.41, 5.74) is 3.27. The Balaban J connectivity index is 1.70. The normalized spacial score (nSPS) is 26.5. The van der Waals surface area contributed by atoms with Crippen molar-refractivity contribution < 1.29 is 0 Å². The van der Waals surface area contributed by atoms with Crippen LogP contribution in [0.25, 0.3) is 0 Å². The average molecular weight is 304 g/mol. The van der Waals surface area contributed by atoms with Crippen molar-refractivity contribution in [2.45, 2.75) is 57.4 Å². The molecule has 1 nitrogen and oxygen atoms in total. The third-order valence-corrected chi connectivity index (χ3v) is 6.41. The number of hydrogen-bond donors (Lipinski definition) is 1. The van der Waals surface area contributed by atoms with E-state index in [4.69, 9.17) is 0 Å². The van der Waals surface area contributed by atoms with Crippen molar-refractivity contribution >= 4 is 11.8 Å². The van der Waals surface area contributed by atoms with Gasteiger partial charge in [-0.15, -0.1) is 0 Å². The van der Waals surface area contributed by atoms with Crippen LogP contribution in [0.3, 0.4) is 0 Å². The lowest BCUT2D eigenvalue weighted by molar-refractivity contribution is 0.328. The molecule has 3 atom stereocenters. The van der Waals surface area contributed by atoms with E-state index in [-0.39, 0.29) is 0 Å². The third-order valence-electron chi connectivity index (χ3n) is 5.22. The summed E-state index contributed by atoms with van der Waals surface area (Å²) in [7, 11) is 0. The number of aryl methyl sites for hydroxylation is 1. The second kappa shape index (κ2) is 7.69. The van der Waals surface area contributed by atoms with Crippen LogP contribution in [-0.2, 0) is 6.42 Å². The molecule has 1 N–H and O–H groups in total. The second-order valence-corrected chi connectivity index (χ2v) is 7.86. The molecule has 0 spiro atoms. The summed E-state index contributed by atoms with van der Waals surface area (Å²) in [6, 6.07) is 9.91. The summed E-state index contributed by atoms with van der Waals surface area (Å²) in [6.07, 6.45) is 8.07. The minimum absolute atomic E-state index is 0.733. The van der Waals surface area contributed by atoms with Gasteiger partial charge in [-0.05, 0) is 79.5 Å². The molecule has 2 aliphatic rings. The fourth-order valence-corrected chi connectivity index (χ4v) is 5.39. The lowest BCUT2D eigenvalue weighted by Gasteiger charge is -2.32. The molecular formula is C19H29NS. The highest BCUT2D eigenvalue weighted by Gasteiger charge is 2.29. The molecule has 0 radical (unpaired) electrons. The quantitative estimate of drug-likeness (QED) is 0.823. The smallest absolute Gasteiger partial charge is 0.0109 e. The first-order chi connectivity index (χ1) is 10.4. The molecule has 1 fully saturated rings. The number of fused-ring (bicyclic) bond motifs is 1. The molecule has 1 aromatic rings. The second-order valence-electron chi connectivity index (χ2n) is 6.71. The summed E-state index contributed by atoms with van der Waals surface area (Å²) in [5.74, 6) is 4.43. The molecule has 2 heteroatoms. The van der Waals surface area contributed by atoms with Crippen LogP contribution in [-0.4, -0.2) is 24.1 Å². The van der Waals surface area contributed by atoms with Gasteiger partial charge in [0.1, 0.15) is 0 Å². The summed E-state index contributed by atoms with van der Waals surface area (Å²) in [6.45, 7) is 3.46. The molecule has 3 unspecified atom stereocenters. The van der Waals surface area contributed by atoms with Crippen molar-refractivity contribution in [2.75, 3.05) is 18.1 Å². The van der Waals surface area contributed by atoms with Gasteiger partial charge >= 0.3 is 0 Å². The molecule has 21 heavy (non-hydrogen) atoms. The predicted octanol–water partition coefficient (Wildman–Crippen LogP) is 4.62. The maximum Gasteiger partial charge on any atom is 0.0109 e. The minimum Gasteiger partial charge on any atom is -0.314 e. The van der Waals surface area contributed by atoms with Crippen LogP contribution in [0.15, 0.2) is 24.3 Å². The summed E-state index contributed by atoms with van der Waals surface area (Å²) in [4.78, 5) is 0. The van der Waals surface area contributed by atoms with E-state index in [9.17, 15) is 0 Å². The predicted molar refractivity (Wildman–Crippen MR) is 94.3 cm³/mol. The molecular weight excluding hydrogens is 274 g/mol. The first-order valence-corrected chi connectivity index (χ1v) is 9.93. The van der Waals surface area contributed by atoms with Crippen LogP contribution in [0, 0.1) is 5.92 Å². The van der Waals surface area contributed by atoms with Gasteiger partial charge in [-0.1, -0.05) is 31.2 Å². The molecule has 0 amide bonds. The van der Waals surface area contributed by atoms with Gasteiger partial charge < -0.3 is 5.32 Å². The molecule has 3 rings (SSSR count). The molecule has 1 aliphatic carbocycles. The van der Waals surface area contributed by atoms with Crippen LogP contribution < -0.4 is 5.32 Å². The van der Waals surface area contributed by atoms with E-state index in [1.807, 2.05) is 0 Å². The highest BCUT2D eigenvalue weighted by Crippen LogP contribution is 2.37.